The van der Waals surface area contributed by atoms with Crippen molar-refractivity contribution in [1.29, 1.82) is 0 Å². The molecule has 2 aromatic carbocycles. The summed E-state index contributed by atoms with van der Waals surface area (Å²) in [5, 5.41) is 0. The third kappa shape index (κ3) is 4.11. The lowest BCUT2D eigenvalue weighted by Gasteiger charge is -2.15. The van der Waals surface area contributed by atoms with Crippen LogP contribution in [0.1, 0.15) is 19.4 Å². The topological polar surface area (TPSA) is 57.2 Å². The molecule has 0 aromatic heterocycles. The van der Waals surface area contributed by atoms with E-state index in [1.54, 1.807) is 31.4 Å². The maximum atomic E-state index is 13.0. The highest BCUT2D eigenvalue weighted by Gasteiger charge is 2.34. The number of thioether (sulfide) groups is 1. The highest BCUT2D eigenvalue weighted by atomic mass is 32.2. The summed E-state index contributed by atoms with van der Waals surface area (Å²) in [6.45, 7) is 4.95. The van der Waals surface area contributed by atoms with E-state index in [9.17, 15) is 4.79 Å². The molecule has 0 N–H and O–H groups in total. The first-order valence-electron chi connectivity index (χ1n) is 9.44. The number of hydrogen-bond donors (Lipinski definition) is 0. The van der Waals surface area contributed by atoms with Crippen LogP contribution in [-0.4, -0.2) is 30.7 Å². The first-order valence-corrected chi connectivity index (χ1v) is 10.7. The summed E-state index contributed by atoms with van der Waals surface area (Å²) in [5.41, 5.74) is 1.48. The van der Waals surface area contributed by atoms with Crippen LogP contribution in [0.2, 0.25) is 0 Å². The second kappa shape index (κ2) is 8.57. The van der Waals surface area contributed by atoms with Crippen LogP contribution in [0.4, 0.5) is 5.69 Å². The molecule has 0 radical (unpaired) electrons. The van der Waals surface area contributed by atoms with Crippen LogP contribution < -0.4 is 23.8 Å². The zero-order valence-corrected chi connectivity index (χ0v) is 18.5. The van der Waals surface area contributed by atoms with Crippen LogP contribution >= 0.6 is 24.0 Å². The van der Waals surface area contributed by atoms with Crippen LogP contribution in [0, 0.1) is 5.92 Å². The molecule has 2 heterocycles. The number of ether oxygens (including phenoxy) is 4. The molecular formula is C22H21NO5S2. The molecule has 6 nitrogen and oxygen atoms in total. The standard InChI is InChI=1S/C22H21NO5S2/c1-13(2)11-26-16-6-4-14(8-18(16)25-3)9-20-21(24)23(22(29)30-20)15-5-7-17-19(10-15)28-12-27-17/h4-10,13H,11-12H2,1-3H3. The summed E-state index contributed by atoms with van der Waals surface area (Å²) in [4.78, 5) is 15.1. The predicted molar refractivity (Wildman–Crippen MR) is 122 cm³/mol. The van der Waals surface area contributed by atoms with Gasteiger partial charge in [0.1, 0.15) is 0 Å². The van der Waals surface area contributed by atoms with E-state index in [4.69, 9.17) is 31.2 Å². The molecule has 0 bridgehead atoms. The van der Waals surface area contributed by atoms with Crippen LogP contribution in [0.25, 0.3) is 6.08 Å². The molecule has 2 aliphatic rings. The van der Waals surface area contributed by atoms with Gasteiger partial charge < -0.3 is 18.9 Å². The SMILES string of the molecule is COc1cc(C=C2SC(=S)N(c3ccc4c(c3)OCO4)C2=O)ccc1OCC(C)C. The van der Waals surface area contributed by atoms with E-state index in [0.29, 0.717) is 50.4 Å². The normalized spacial score (nSPS) is 16.7. The van der Waals surface area contributed by atoms with Crippen LogP contribution in [0.3, 0.4) is 0 Å². The molecule has 0 saturated carbocycles. The Morgan fingerprint density at radius 1 is 1.17 bits per heavy atom. The summed E-state index contributed by atoms with van der Waals surface area (Å²) in [7, 11) is 1.60. The van der Waals surface area contributed by atoms with Crippen molar-refractivity contribution < 1.29 is 23.7 Å². The quantitative estimate of drug-likeness (QED) is 0.467. The van der Waals surface area contributed by atoms with Gasteiger partial charge in [0.05, 0.1) is 24.3 Å². The summed E-state index contributed by atoms with van der Waals surface area (Å²) < 4.78 is 22.5. The second-order valence-corrected chi connectivity index (χ2v) is 8.85. The lowest BCUT2D eigenvalue weighted by molar-refractivity contribution is -0.113. The maximum Gasteiger partial charge on any atom is 0.270 e. The molecule has 2 aliphatic heterocycles. The van der Waals surface area contributed by atoms with Gasteiger partial charge in [-0.2, -0.15) is 0 Å². The minimum atomic E-state index is -0.178. The number of benzene rings is 2. The van der Waals surface area contributed by atoms with E-state index in [2.05, 4.69) is 13.8 Å². The van der Waals surface area contributed by atoms with E-state index >= 15 is 0 Å². The van der Waals surface area contributed by atoms with Gasteiger partial charge in [0, 0.05) is 6.07 Å². The minimum absolute atomic E-state index is 0.176. The molecule has 1 saturated heterocycles. The molecule has 0 spiro atoms. The summed E-state index contributed by atoms with van der Waals surface area (Å²) in [6, 6.07) is 10.9. The minimum Gasteiger partial charge on any atom is -0.493 e. The molecule has 4 rings (SSSR count). The van der Waals surface area contributed by atoms with Gasteiger partial charge in [-0.15, -0.1) is 0 Å². The van der Waals surface area contributed by atoms with Crippen molar-refractivity contribution in [3.05, 3.63) is 46.9 Å². The fourth-order valence-electron chi connectivity index (χ4n) is 3.02. The van der Waals surface area contributed by atoms with Gasteiger partial charge in [-0.3, -0.25) is 9.69 Å². The molecule has 156 valence electrons. The number of hydrogen-bond acceptors (Lipinski definition) is 7. The maximum absolute atomic E-state index is 13.0. The Balaban J connectivity index is 1.57. The van der Waals surface area contributed by atoms with Crippen molar-refractivity contribution in [2.75, 3.05) is 25.4 Å². The number of thiocarbonyl (C=S) groups is 1. The van der Waals surface area contributed by atoms with Crippen LogP contribution in [-0.2, 0) is 4.79 Å². The highest BCUT2D eigenvalue weighted by Crippen LogP contribution is 2.41. The van der Waals surface area contributed by atoms with E-state index in [1.807, 2.05) is 18.2 Å². The fourth-order valence-corrected chi connectivity index (χ4v) is 4.31. The first-order chi connectivity index (χ1) is 14.5. The molecular weight excluding hydrogens is 422 g/mol. The fraction of sp³-hybridized carbons (Fsp3) is 0.273. The lowest BCUT2D eigenvalue weighted by atomic mass is 10.1. The third-order valence-electron chi connectivity index (χ3n) is 4.47. The van der Waals surface area contributed by atoms with Crippen LogP contribution in [0.5, 0.6) is 23.0 Å². The molecule has 0 aliphatic carbocycles. The molecule has 0 unspecified atom stereocenters. The number of nitrogens with zero attached hydrogens (tertiary/aromatic N) is 1. The van der Waals surface area contributed by atoms with Gasteiger partial charge in [-0.25, -0.2) is 0 Å². The lowest BCUT2D eigenvalue weighted by Crippen LogP contribution is -2.27. The second-order valence-electron chi connectivity index (χ2n) is 7.17. The average Bonchev–Trinajstić information content (AvgIpc) is 3.30. The van der Waals surface area contributed by atoms with Gasteiger partial charge in [0.15, 0.2) is 27.3 Å². The van der Waals surface area contributed by atoms with Gasteiger partial charge in [0.2, 0.25) is 6.79 Å². The molecule has 1 fully saturated rings. The Bertz CT molecular complexity index is 1030. The first kappa shape index (κ1) is 20.6. The van der Waals surface area contributed by atoms with Crippen LogP contribution in [0.15, 0.2) is 41.3 Å². The Kier molecular flexibility index (Phi) is 5.87. The van der Waals surface area contributed by atoms with E-state index in [1.165, 1.54) is 16.7 Å². The monoisotopic (exact) mass is 443 g/mol. The Morgan fingerprint density at radius 2 is 1.97 bits per heavy atom. The average molecular weight is 444 g/mol. The van der Waals surface area contributed by atoms with Gasteiger partial charge in [-0.1, -0.05) is 43.9 Å². The van der Waals surface area contributed by atoms with Crippen molar-refractivity contribution in [1.82, 2.24) is 0 Å². The van der Waals surface area contributed by atoms with Gasteiger partial charge in [-0.05, 0) is 41.8 Å². The number of fused-ring (bicyclic) bond motifs is 1. The number of rotatable bonds is 6. The molecule has 0 atom stereocenters. The van der Waals surface area contributed by atoms with Crippen molar-refractivity contribution >= 4 is 46.0 Å². The highest BCUT2D eigenvalue weighted by molar-refractivity contribution is 8.27. The van der Waals surface area contributed by atoms with Crippen molar-refractivity contribution in [3.8, 4) is 23.0 Å². The zero-order valence-electron chi connectivity index (χ0n) is 16.8. The molecule has 1 amide bonds. The van der Waals surface area contributed by atoms with E-state index in [-0.39, 0.29) is 12.7 Å². The molecule has 30 heavy (non-hydrogen) atoms. The van der Waals surface area contributed by atoms with Crippen molar-refractivity contribution in [3.63, 3.8) is 0 Å². The van der Waals surface area contributed by atoms with Crippen molar-refractivity contribution in [2.24, 2.45) is 5.92 Å². The summed E-state index contributed by atoms with van der Waals surface area (Å²) >= 11 is 6.72. The van der Waals surface area contributed by atoms with E-state index in [0.717, 1.165) is 5.56 Å². The summed E-state index contributed by atoms with van der Waals surface area (Å²) in [5.74, 6) is 2.79. The number of methoxy groups -OCH3 is 1. The molecule has 8 heteroatoms. The smallest absolute Gasteiger partial charge is 0.270 e. The third-order valence-corrected chi connectivity index (χ3v) is 5.77. The summed E-state index contributed by atoms with van der Waals surface area (Å²) in [6.07, 6.45) is 1.81. The van der Waals surface area contributed by atoms with E-state index < -0.39 is 0 Å². The molecule has 2 aromatic rings. The number of amides is 1. The Hall–Kier alpha value is -2.71. The Morgan fingerprint density at radius 3 is 2.73 bits per heavy atom. The van der Waals surface area contributed by atoms with Gasteiger partial charge >= 0.3 is 0 Å². The predicted octanol–water partition coefficient (Wildman–Crippen LogP) is 4.86. The number of carbonyl (C=O) groups excluding carboxylic acids is 1. The van der Waals surface area contributed by atoms with Crippen molar-refractivity contribution in [2.45, 2.75) is 13.8 Å². The largest absolute Gasteiger partial charge is 0.493 e. The van der Waals surface area contributed by atoms with Gasteiger partial charge in [0.25, 0.3) is 5.91 Å². The zero-order chi connectivity index (χ0) is 21.3. The number of carbonyl (C=O) groups is 1. The number of anilines is 1. The Labute approximate surface area is 184 Å².